The molecule has 0 radical (unpaired) electrons. The molecule has 0 aliphatic carbocycles. The maximum absolute atomic E-state index is 13.2. The topological polar surface area (TPSA) is 60.5 Å². The summed E-state index contributed by atoms with van der Waals surface area (Å²) in [5, 5.41) is 4.16. The summed E-state index contributed by atoms with van der Waals surface area (Å²) in [6.07, 6.45) is 16.3. The summed E-state index contributed by atoms with van der Waals surface area (Å²) in [6.45, 7) is 5.70. The Hall–Kier alpha value is -3.34. The van der Waals surface area contributed by atoms with Crippen LogP contribution >= 0.6 is 0 Å². The third kappa shape index (κ3) is 8.08. The summed E-state index contributed by atoms with van der Waals surface area (Å²) in [7, 11) is 0. The third-order valence-corrected chi connectivity index (χ3v) is 7.30. The lowest BCUT2D eigenvalue weighted by atomic mass is 10.0. The van der Waals surface area contributed by atoms with Crippen molar-refractivity contribution in [1.29, 1.82) is 0 Å². The lowest BCUT2D eigenvalue weighted by Crippen LogP contribution is -2.13. The number of amides is 1. The molecule has 0 spiro atoms. The number of fused-ring (bicyclic) bond motifs is 2. The molecule has 208 valence electrons. The molecule has 1 amide bonds. The summed E-state index contributed by atoms with van der Waals surface area (Å²) in [6, 6.07) is 15.9. The van der Waals surface area contributed by atoms with Crippen molar-refractivity contribution in [3.8, 4) is 11.5 Å². The second kappa shape index (κ2) is 15.3. The van der Waals surface area contributed by atoms with Crippen molar-refractivity contribution in [2.75, 3.05) is 13.2 Å². The van der Waals surface area contributed by atoms with E-state index in [4.69, 9.17) is 14.5 Å². The molecule has 2 aromatic carbocycles. The number of nitrogens with one attached hydrogen (secondary N) is 1. The van der Waals surface area contributed by atoms with Crippen LogP contribution in [0, 0.1) is 0 Å². The van der Waals surface area contributed by atoms with Crippen molar-refractivity contribution in [2.24, 2.45) is 0 Å². The number of hydrogen-bond acceptors (Lipinski definition) is 4. The van der Waals surface area contributed by atoms with Crippen LogP contribution in [0.25, 0.3) is 22.7 Å². The number of pyridine rings is 1. The zero-order chi connectivity index (χ0) is 27.3. The number of benzene rings is 2. The van der Waals surface area contributed by atoms with E-state index in [1.165, 1.54) is 51.4 Å². The molecule has 0 unspecified atom stereocenters. The molecule has 1 aromatic heterocycles. The predicted octanol–water partition coefficient (Wildman–Crippen LogP) is 8.95. The van der Waals surface area contributed by atoms with E-state index in [2.05, 4.69) is 25.2 Å². The van der Waals surface area contributed by atoms with Gasteiger partial charge in [-0.15, -0.1) is 0 Å². The smallest absolute Gasteiger partial charge is 0.260 e. The van der Waals surface area contributed by atoms with Crippen LogP contribution in [-0.2, 0) is 0 Å². The van der Waals surface area contributed by atoms with Crippen LogP contribution in [0.15, 0.2) is 48.5 Å². The zero-order valence-corrected chi connectivity index (χ0v) is 23.8. The molecule has 3 aromatic rings. The monoisotopic (exact) mass is 528 g/mol. The fourth-order valence-corrected chi connectivity index (χ4v) is 5.09. The summed E-state index contributed by atoms with van der Waals surface area (Å²) in [5.41, 5.74) is 3.76. The summed E-state index contributed by atoms with van der Waals surface area (Å²) in [5.74, 6) is 1.19. The highest BCUT2D eigenvalue weighted by molar-refractivity contribution is 6.14. The minimum atomic E-state index is -0.153. The molecule has 1 aliphatic heterocycles. The zero-order valence-electron chi connectivity index (χ0n) is 23.8. The molecule has 5 nitrogen and oxygen atoms in total. The Morgan fingerprint density at radius 3 is 1.95 bits per heavy atom. The number of rotatable bonds is 17. The quantitative estimate of drug-likeness (QED) is 0.178. The van der Waals surface area contributed by atoms with E-state index in [-0.39, 0.29) is 5.91 Å². The van der Waals surface area contributed by atoms with Gasteiger partial charge in [0.1, 0.15) is 11.5 Å². The van der Waals surface area contributed by atoms with Crippen LogP contribution in [0.5, 0.6) is 11.5 Å². The Labute approximate surface area is 234 Å². The van der Waals surface area contributed by atoms with E-state index in [0.29, 0.717) is 30.2 Å². The van der Waals surface area contributed by atoms with Crippen molar-refractivity contribution >= 4 is 28.6 Å². The maximum Gasteiger partial charge on any atom is 0.260 e. The van der Waals surface area contributed by atoms with Gasteiger partial charge in [0.05, 0.1) is 41.2 Å². The highest BCUT2D eigenvalue weighted by atomic mass is 16.5. The van der Waals surface area contributed by atoms with Gasteiger partial charge in [0, 0.05) is 5.39 Å². The number of para-hydroxylation sites is 1. The van der Waals surface area contributed by atoms with Crippen LogP contribution < -0.4 is 14.8 Å². The van der Waals surface area contributed by atoms with Gasteiger partial charge in [-0.2, -0.15) is 0 Å². The van der Waals surface area contributed by atoms with E-state index >= 15 is 0 Å². The molecule has 0 atom stereocenters. The average molecular weight is 529 g/mol. The lowest BCUT2D eigenvalue weighted by Gasteiger charge is -2.14. The number of hydrogen-bond donors (Lipinski definition) is 1. The van der Waals surface area contributed by atoms with E-state index in [1.807, 2.05) is 48.5 Å². The van der Waals surface area contributed by atoms with Gasteiger partial charge in [0.25, 0.3) is 5.91 Å². The van der Waals surface area contributed by atoms with Crippen molar-refractivity contribution in [3.05, 3.63) is 65.4 Å². The number of aromatic nitrogens is 1. The molecule has 4 rings (SSSR count). The van der Waals surface area contributed by atoms with Crippen molar-refractivity contribution in [2.45, 2.75) is 90.9 Å². The Morgan fingerprint density at radius 1 is 0.692 bits per heavy atom. The molecule has 0 bridgehead atoms. The molecule has 0 saturated heterocycles. The van der Waals surface area contributed by atoms with Gasteiger partial charge in [-0.05, 0) is 43.2 Å². The number of carbonyl (C=O) groups excluding carboxylic acids is 1. The summed E-state index contributed by atoms with van der Waals surface area (Å²) < 4.78 is 12.4. The molecule has 2 heterocycles. The lowest BCUT2D eigenvalue weighted by molar-refractivity contribution is 0.0977. The standard InChI is InChI=1S/C34H44N2O3/c1-3-5-7-9-11-15-23-38-30-21-22-31(39-24-16-12-10-8-6-4-2)33-32(30)29(36-34(33)37)25-27-20-19-26-17-13-14-18-28(26)35-27/h13-14,17-22,25H,3-12,15-16,23-24H2,1-2H3,(H,36,37)/b29-25-. The molecule has 0 saturated carbocycles. The first-order valence-corrected chi connectivity index (χ1v) is 15.0. The normalized spacial score (nSPS) is 13.6. The van der Waals surface area contributed by atoms with Crippen LogP contribution in [0.2, 0.25) is 0 Å². The largest absolute Gasteiger partial charge is 0.493 e. The van der Waals surface area contributed by atoms with E-state index in [9.17, 15) is 4.79 Å². The second-order valence-corrected chi connectivity index (χ2v) is 10.5. The molecule has 5 heteroatoms. The van der Waals surface area contributed by atoms with Gasteiger partial charge in [-0.25, -0.2) is 4.98 Å². The Kier molecular flexibility index (Phi) is 11.2. The van der Waals surface area contributed by atoms with Gasteiger partial charge in [0.2, 0.25) is 0 Å². The van der Waals surface area contributed by atoms with Gasteiger partial charge in [-0.3, -0.25) is 4.79 Å². The maximum atomic E-state index is 13.2. The average Bonchev–Trinajstić information content (AvgIpc) is 3.28. The minimum Gasteiger partial charge on any atom is -0.493 e. The predicted molar refractivity (Wildman–Crippen MR) is 161 cm³/mol. The molecule has 39 heavy (non-hydrogen) atoms. The van der Waals surface area contributed by atoms with E-state index in [1.54, 1.807) is 0 Å². The highest BCUT2D eigenvalue weighted by Crippen LogP contribution is 2.40. The number of nitrogens with zero attached hydrogens (tertiary/aromatic N) is 1. The second-order valence-electron chi connectivity index (χ2n) is 10.5. The Balaban J connectivity index is 1.52. The van der Waals surface area contributed by atoms with Crippen molar-refractivity contribution in [3.63, 3.8) is 0 Å². The van der Waals surface area contributed by atoms with E-state index in [0.717, 1.165) is 53.6 Å². The molecule has 0 fully saturated rings. The Morgan fingerprint density at radius 2 is 1.28 bits per heavy atom. The number of ether oxygens (including phenoxy) is 2. The van der Waals surface area contributed by atoms with Gasteiger partial charge < -0.3 is 14.8 Å². The van der Waals surface area contributed by atoms with Crippen molar-refractivity contribution in [1.82, 2.24) is 10.3 Å². The summed E-state index contributed by atoms with van der Waals surface area (Å²) in [4.78, 5) is 18.0. The number of carbonyl (C=O) groups is 1. The molecular weight excluding hydrogens is 484 g/mol. The first-order chi connectivity index (χ1) is 19.2. The molecule has 1 aliphatic rings. The Bertz CT molecular complexity index is 1250. The van der Waals surface area contributed by atoms with Crippen LogP contribution in [0.4, 0.5) is 0 Å². The van der Waals surface area contributed by atoms with Crippen LogP contribution in [0.3, 0.4) is 0 Å². The first kappa shape index (κ1) is 28.7. The first-order valence-electron chi connectivity index (χ1n) is 15.0. The fourth-order valence-electron chi connectivity index (χ4n) is 5.09. The summed E-state index contributed by atoms with van der Waals surface area (Å²) >= 11 is 0. The van der Waals surface area contributed by atoms with Gasteiger partial charge in [0.15, 0.2) is 0 Å². The van der Waals surface area contributed by atoms with Gasteiger partial charge >= 0.3 is 0 Å². The highest BCUT2D eigenvalue weighted by Gasteiger charge is 2.31. The van der Waals surface area contributed by atoms with Gasteiger partial charge in [-0.1, -0.05) is 102 Å². The SMILES string of the molecule is CCCCCCCCOc1ccc(OCCCCCCCC)c2c1C(=O)N/C2=C\c1ccc2ccccc2n1. The molecular formula is C34H44N2O3. The van der Waals surface area contributed by atoms with Crippen molar-refractivity contribution < 1.29 is 14.3 Å². The minimum absolute atomic E-state index is 0.153. The van der Waals surface area contributed by atoms with Crippen LogP contribution in [0.1, 0.15) is 113 Å². The fraction of sp³-hybridized carbons (Fsp3) is 0.471. The molecule has 1 N–H and O–H groups in total. The third-order valence-electron chi connectivity index (χ3n) is 7.30. The van der Waals surface area contributed by atoms with Crippen LogP contribution in [-0.4, -0.2) is 24.1 Å². The van der Waals surface area contributed by atoms with E-state index < -0.39 is 0 Å². The number of unbranched alkanes of at least 4 members (excludes halogenated alkanes) is 10.